The number of hydrogen-bond acceptors (Lipinski definition) is 2. The number of rotatable bonds is 4. The molecule has 26 heavy (non-hydrogen) atoms. The van der Waals surface area contributed by atoms with Gasteiger partial charge >= 0.3 is 0 Å². The Bertz CT molecular complexity index is 913. The fraction of sp³-hybridized carbons (Fsp3) is 0.167. The Morgan fingerprint density at radius 2 is 1.46 bits per heavy atom. The Hall–Kier alpha value is -2.84. The van der Waals surface area contributed by atoms with Crippen LogP contribution in [0.3, 0.4) is 0 Å². The average molecular weight is 342 g/mol. The number of hydrogen-bond donors (Lipinski definition) is 1. The van der Waals surface area contributed by atoms with E-state index in [0.717, 1.165) is 28.2 Å². The molecule has 3 aromatic carbocycles. The number of fused-ring (bicyclic) bond motifs is 1. The van der Waals surface area contributed by atoms with Crippen LogP contribution in [0.1, 0.15) is 36.0 Å². The molecule has 0 amide bonds. The molecule has 0 aliphatic carbocycles. The lowest BCUT2D eigenvalue weighted by atomic mass is 9.78. The van der Waals surface area contributed by atoms with Crippen molar-refractivity contribution in [2.45, 2.75) is 25.4 Å². The quantitative estimate of drug-likeness (QED) is 0.688. The molecule has 1 N–H and O–H groups in total. The van der Waals surface area contributed by atoms with Gasteiger partial charge in [-0.25, -0.2) is 0 Å². The topological polar surface area (TPSA) is 29.5 Å². The van der Waals surface area contributed by atoms with Gasteiger partial charge in [-0.15, -0.1) is 0 Å². The Morgan fingerprint density at radius 1 is 0.846 bits per heavy atom. The van der Waals surface area contributed by atoms with Crippen molar-refractivity contribution >= 4 is 5.76 Å². The number of aliphatic hydroxyl groups is 1. The molecular weight excluding hydrogens is 320 g/mol. The van der Waals surface area contributed by atoms with E-state index in [0.29, 0.717) is 6.42 Å². The molecule has 0 bridgehead atoms. The van der Waals surface area contributed by atoms with Crippen LogP contribution in [0.5, 0.6) is 5.75 Å². The molecule has 0 radical (unpaired) electrons. The third-order valence-corrected chi connectivity index (χ3v) is 4.93. The van der Waals surface area contributed by atoms with Crippen LogP contribution in [0.4, 0.5) is 0 Å². The summed E-state index contributed by atoms with van der Waals surface area (Å²) in [6.07, 6.45) is 0.0735. The first-order valence-electron chi connectivity index (χ1n) is 9.09. The second kappa shape index (κ2) is 7.19. The third-order valence-electron chi connectivity index (χ3n) is 4.93. The highest BCUT2D eigenvalue weighted by molar-refractivity contribution is 5.73. The molecule has 1 aliphatic heterocycles. The van der Waals surface area contributed by atoms with Gasteiger partial charge in [-0.2, -0.15) is 0 Å². The van der Waals surface area contributed by atoms with E-state index < -0.39 is 6.10 Å². The first kappa shape index (κ1) is 16.6. The average Bonchev–Trinajstić information content (AvgIpc) is 2.73. The second-order valence-corrected chi connectivity index (χ2v) is 6.56. The van der Waals surface area contributed by atoms with Gasteiger partial charge in [0, 0.05) is 22.6 Å². The second-order valence-electron chi connectivity index (χ2n) is 6.56. The van der Waals surface area contributed by atoms with Crippen molar-refractivity contribution in [1.29, 1.82) is 0 Å². The first-order valence-corrected chi connectivity index (χ1v) is 9.09. The van der Waals surface area contributed by atoms with Crippen molar-refractivity contribution in [1.82, 2.24) is 0 Å². The van der Waals surface area contributed by atoms with Gasteiger partial charge < -0.3 is 9.84 Å². The van der Waals surface area contributed by atoms with Gasteiger partial charge in [-0.3, -0.25) is 0 Å². The molecule has 2 atom stereocenters. The summed E-state index contributed by atoms with van der Waals surface area (Å²) < 4.78 is 6.32. The summed E-state index contributed by atoms with van der Waals surface area (Å²) in [4.78, 5) is 0. The highest BCUT2D eigenvalue weighted by Gasteiger charge is 2.34. The fourth-order valence-electron chi connectivity index (χ4n) is 3.66. The lowest BCUT2D eigenvalue weighted by Gasteiger charge is -2.33. The van der Waals surface area contributed by atoms with E-state index in [-0.39, 0.29) is 5.92 Å². The van der Waals surface area contributed by atoms with Crippen LogP contribution in [0.25, 0.3) is 5.76 Å². The zero-order valence-electron chi connectivity index (χ0n) is 14.8. The first-order chi connectivity index (χ1) is 12.8. The number of benzene rings is 3. The van der Waals surface area contributed by atoms with Crippen molar-refractivity contribution in [3.8, 4) is 5.75 Å². The van der Waals surface area contributed by atoms with E-state index >= 15 is 0 Å². The molecule has 2 nitrogen and oxygen atoms in total. The maximum Gasteiger partial charge on any atom is 0.137 e. The lowest BCUT2D eigenvalue weighted by molar-refractivity contribution is 0.197. The summed E-state index contributed by atoms with van der Waals surface area (Å²) in [6.45, 7) is 2.00. The summed E-state index contributed by atoms with van der Waals surface area (Å²) in [5.41, 5.74) is 4.19. The summed E-state index contributed by atoms with van der Waals surface area (Å²) >= 11 is 0. The van der Waals surface area contributed by atoms with Gasteiger partial charge in [-0.1, -0.05) is 85.8 Å². The Kier molecular flexibility index (Phi) is 4.59. The van der Waals surface area contributed by atoms with Crippen LogP contribution in [-0.4, -0.2) is 11.2 Å². The van der Waals surface area contributed by atoms with Gasteiger partial charge in [0.15, 0.2) is 0 Å². The number of ether oxygens (including phenoxy) is 1. The predicted octanol–water partition coefficient (Wildman–Crippen LogP) is 5.39. The van der Waals surface area contributed by atoms with Crippen molar-refractivity contribution in [3.05, 3.63) is 107 Å². The monoisotopic (exact) mass is 342 g/mol. The van der Waals surface area contributed by atoms with Gasteiger partial charge in [0.2, 0.25) is 0 Å². The Morgan fingerprint density at radius 3 is 2.15 bits per heavy atom. The number of para-hydroxylation sites is 1. The molecule has 2 heteroatoms. The minimum absolute atomic E-state index is 0.0219. The van der Waals surface area contributed by atoms with E-state index in [2.05, 4.69) is 18.2 Å². The number of aliphatic hydroxyl groups excluding tert-OH is 1. The minimum atomic E-state index is -0.566. The highest BCUT2D eigenvalue weighted by Crippen LogP contribution is 2.47. The third kappa shape index (κ3) is 2.93. The zero-order chi connectivity index (χ0) is 17.9. The van der Waals surface area contributed by atoms with E-state index in [1.54, 1.807) is 0 Å². The van der Waals surface area contributed by atoms with Crippen LogP contribution >= 0.6 is 0 Å². The van der Waals surface area contributed by atoms with Gasteiger partial charge in [0.05, 0.1) is 6.10 Å². The summed E-state index contributed by atoms with van der Waals surface area (Å²) in [5, 5.41) is 10.9. The Balaban J connectivity index is 1.99. The van der Waals surface area contributed by atoms with Gasteiger partial charge in [0.1, 0.15) is 11.5 Å². The molecule has 1 aliphatic rings. The molecule has 4 rings (SSSR count). The summed E-state index contributed by atoms with van der Waals surface area (Å²) in [6, 6.07) is 28.5. The SMILES string of the molecule is CC[C@H](O)C1=C(c2ccccc2)Oc2ccccc2[C@H]1c1ccccc1. The van der Waals surface area contributed by atoms with Crippen molar-refractivity contribution in [3.63, 3.8) is 0 Å². The molecule has 0 saturated carbocycles. The summed E-state index contributed by atoms with van der Waals surface area (Å²) in [7, 11) is 0. The van der Waals surface area contributed by atoms with Crippen LogP contribution in [0.15, 0.2) is 90.5 Å². The molecule has 0 unspecified atom stereocenters. The molecule has 0 aromatic heterocycles. The van der Waals surface area contributed by atoms with E-state index in [4.69, 9.17) is 4.74 Å². The molecule has 1 heterocycles. The molecule has 0 spiro atoms. The molecule has 0 saturated heterocycles. The van der Waals surface area contributed by atoms with Crippen molar-refractivity contribution < 1.29 is 9.84 Å². The maximum absolute atomic E-state index is 10.9. The highest BCUT2D eigenvalue weighted by atomic mass is 16.5. The van der Waals surface area contributed by atoms with Crippen molar-refractivity contribution in [2.24, 2.45) is 0 Å². The molecule has 130 valence electrons. The Labute approximate surface area is 154 Å². The van der Waals surface area contributed by atoms with Gasteiger partial charge in [0.25, 0.3) is 0 Å². The smallest absolute Gasteiger partial charge is 0.137 e. The van der Waals surface area contributed by atoms with Crippen LogP contribution in [-0.2, 0) is 0 Å². The predicted molar refractivity (Wildman–Crippen MR) is 105 cm³/mol. The van der Waals surface area contributed by atoms with E-state index in [1.807, 2.05) is 73.7 Å². The van der Waals surface area contributed by atoms with E-state index in [1.165, 1.54) is 5.56 Å². The van der Waals surface area contributed by atoms with Crippen molar-refractivity contribution in [2.75, 3.05) is 0 Å². The van der Waals surface area contributed by atoms with E-state index in [9.17, 15) is 5.11 Å². The standard InChI is InChI=1S/C24H22O2/c1-2-20(25)23-22(17-11-5-3-6-12-17)19-15-9-10-16-21(19)26-24(23)18-13-7-4-8-14-18/h3-16,20,22,25H,2H2,1H3/t20-,22+/m0/s1. The normalized spacial score (nSPS) is 17.4. The summed E-state index contributed by atoms with van der Waals surface area (Å²) in [5.74, 6) is 1.60. The van der Waals surface area contributed by atoms with Crippen LogP contribution in [0, 0.1) is 0 Å². The molecular formula is C24H22O2. The largest absolute Gasteiger partial charge is 0.456 e. The van der Waals surface area contributed by atoms with Crippen LogP contribution < -0.4 is 4.74 Å². The minimum Gasteiger partial charge on any atom is -0.456 e. The fourth-order valence-corrected chi connectivity index (χ4v) is 3.66. The zero-order valence-corrected chi connectivity index (χ0v) is 14.8. The van der Waals surface area contributed by atoms with Crippen LogP contribution in [0.2, 0.25) is 0 Å². The van der Waals surface area contributed by atoms with Gasteiger partial charge in [-0.05, 0) is 18.1 Å². The lowest BCUT2D eigenvalue weighted by Crippen LogP contribution is -2.24. The molecule has 3 aromatic rings. The maximum atomic E-state index is 10.9. The molecule has 0 fully saturated rings.